The van der Waals surface area contributed by atoms with Crippen LogP contribution >= 0.6 is 0 Å². The third-order valence-corrected chi connectivity index (χ3v) is 7.07. The average molecular weight is 341 g/mol. The van der Waals surface area contributed by atoms with Crippen LogP contribution in [0.3, 0.4) is 0 Å². The Morgan fingerprint density at radius 3 is 2.22 bits per heavy atom. The Morgan fingerprint density at radius 1 is 0.593 bits per heavy atom. The highest BCUT2D eigenvalue weighted by Crippen LogP contribution is 2.54. The molecule has 0 N–H and O–H groups in total. The molecule has 124 valence electrons. The lowest BCUT2D eigenvalue weighted by molar-refractivity contribution is 1.11. The van der Waals surface area contributed by atoms with E-state index in [1.54, 1.807) is 5.39 Å². The summed E-state index contributed by atoms with van der Waals surface area (Å²) in [5, 5.41) is 9.09. The minimum atomic E-state index is 0.976. The van der Waals surface area contributed by atoms with E-state index in [-0.39, 0.29) is 0 Å². The van der Waals surface area contributed by atoms with Crippen molar-refractivity contribution >= 4 is 32.3 Å². The number of hydrogen-bond donors (Lipinski definition) is 0. The van der Waals surface area contributed by atoms with Crippen molar-refractivity contribution < 1.29 is 0 Å². The van der Waals surface area contributed by atoms with Crippen LogP contribution in [0.15, 0.2) is 54.7 Å². The molecule has 3 aliphatic rings. The average Bonchev–Trinajstić information content (AvgIpc) is 3.37. The molecular formula is C26H15N. The quantitative estimate of drug-likeness (QED) is 0.338. The van der Waals surface area contributed by atoms with Gasteiger partial charge in [0, 0.05) is 24.4 Å². The van der Waals surface area contributed by atoms with E-state index in [2.05, 4.69) is 54.7 Å². The Kier molecular flexibility index (Phi) is 1.95. The Balaban J connectivity index is 1.70. The van der Waals surface area contributed by atoms with Gasteiger partial charge in [-0.25, -0.2) is 0 Å². The SMILES string of the molecule is c1ccc(-c2cc3c4c5c(ncc6c5c5c(ccc7c5c4c2C7)C6)C3)cc1. The molecule has 1 heteroatoms. The maximum atomic E-state index is 4.90. The van der Waals surface area contributed by atoms with Crippen molar-refractivity contribution in [2.24, 2.45) is 0 Å². The van der Waals surface area contributed by atoms with E-state index >= 15 is 0 Å². The molecular weight excluding hydrogens is 326 g/mol. The van der Waals surface area contributed by atoms with Gasteiger partial charge in [-0.2, -0.15) is 0 Å². The summed E-state index contributed by atoms with van der Waals surface area (Å²) < 4.78 is 0. The van der Waals surface area contributed by atoms with Crippen molar-refractivity contribution in [3.8, 4) is 11.1 Å². The van der Waals surface area contributed by atoms with Crippen LogP contribution in [-0.2, 0) is 19.3 Å². The van der Waals surface area contributed by atoms with Crippen LogP contribution in [0.1, 0.15) is 33.5 Å². The number of pyridine rings is 1. The Morgan fingerprint density at radius 2 is 1.33 bits per heavy atom. The Bertz CT molecular complexity index is 1490. The molecule has 3 aliphatic carbocycles. The van der Waals surface area contributed by atoms with Crippen molar-refractivity contribution in [1.82, 2.24) is 4.98 Å². The van der Waals surface area contributed by atoms with Crippen LogP contribution in [0.4, 0.5) is 0 Å². The van der Waals surface area contributed by atoms with Gasteiger partial charge in [0.25, 0.3) is 0 Å². The van der Waals surface area contributed by atoms with E-state index in [1.807, 2.05) is 0 Å². The zero-order valence-electron chi connectivity index (χ0n) is 14.8. The van der Waals surface area contributed by atoms with Gasteiger partial charge in [0.2, 0.25) is 0 Å². The molecule has 4 aromatic carbocycles. The zero-order chi connectivity index (χ0) is 17.3. The van der Waals surface area contributed by atoms with Crippen LogP contribution in [-0.4, -0.2) is 4.98 Å². The van der Waals surface area contributed by atoms with Gasteiger partial charge in [-0.15, -0.1) is 0 Å². The summed E-state index contributed by atoms with van der Waals surface area (Å²) in [6, 6.07) is 18.1. The second-order valence-corrected chi connectivity index (χ2v) is 8.32. The highest BCUT2D eigenvalue weighted by Gasteiger charge is 2.33. The largest absolute Gasteiger partial charge is 0.260 e. The summed E-state index contributed by atoms with van der Waals surface area (Å²) in [5.41, 5.74) is 11.5. The summed E-state index contributed by atoms with van der Waals surface area (Å²) in [5.74, 6) is 0. The monoisotopic (exact) mass is 341 g/mol. The first kappa shape index (κ1) is 13.1. The molecule has 0 saturated heterocycles. The Hall–Kier alpha value is -3.19. The molecule has 0 atom stereocenters. The van der Waals surface area contributed by atoms with Gasteiger partial charge in [0.1, 0.15) is 0 Å². The number of hydrogen-bond acceptors (Lipinski definition) is 1. The molecule has 1 aromatic heterocycles. The van der Waals surface area contributed by atoms with Crippen molar-refractivity contribution in [3.05, 3.63) is 88.2 Å². The lowest BCUT2D eigenvalue weighted by atomic mass is 9.91. The van der Waals surface area contributed by atoms with Gasteiger partial charge in [-0.1, -0.05) is 42.5 Å². The van der Waals surface area contributed by atoms with Crippen LogP contribution < -0.4 is 0 Å². The van der Waals surface area contributed by atoms with Crippen molar-refractivity contribution in [2.75, 3.05) is 0 Å². The molecule has 0 unspecified atom stereocenters. The van der Waals surface area contributed by atoms with Gasteiger partial charge < -0.3 is 0 Å². The van der Waals surface area contributed by atoms with Gasteiger partial charge in [0.15, 0.2) is 0 Å². The van der Waals surface area contributed by atoms with Gasteiger partial charge >= 0.3 is 0 Å². The standard InChI is InChI=1S/C26H15N/c1-2-4-13(5-3-1)18-10-16-11-20-26-23(16)25-19(18)9-15-7-6-14-8-17(12-27-20)24(26)21(14)22(15)25/h1-7,10,12H,8-9,11H2. The molecule has 5 aromatic rings. The molecule has 27 heavy (non-hydrogen) atoms. The van der Waals surface area contributed by atoms with Gasteiger partial charge in [-0.3, -0.25) is 4.98 Å². The molecule has 0 bridgehead atoms. The van der Waals surface area contributed by atoms with Gasteiger partial charge in [0.05, 0.1) is 5.69 Å². The number of benzene rings is 4. The van der Waals surface area contributed by atoms with E-state index in [9.17, 15) is 0 Å². The predicted octanol–water partition coefficient (Wildman–Crippen LogP) is 5.92. The first-order chi connectivity index (χ1) is 13.4. The molecule has 0 saturated carbocycles. The van der Waals surface area contributed by atoms with E-state index < -0.39 is 0 Å². The fourth-order valence-corrected chi connectivity index (χ4v) is 6.08. The third kappa shape index (κ3) is 1.31. The van der Waals surface area contributed by atoms with Crippen LogP contribution in [0, 0.1) is 0 Å². The van der Waals surface area contributed by atoms with Crippen LogP contribution in [0.25, 0.3) is 43.4 Å². The maximum Gasteiger partial charge on any atom is 0.0532 e. The lowest BCUT2D eigenvalue weighted by Gasteiger charge is -2.12. The number of nitrogens with zero attached hydrogens (tertiary/aromatic N) is 1. The van der Waals surface area contributed by atoms with E-state index in [1.165, 1.54) is 71.6 Å². The fourth-order valence-electron chi connectivity index (χ4n) is 6.08. The highest BCUT2D eigenvalue weighted by atomic mass is 14.7. The first-order valence-electron chi connectivity index (χ1n) is 9.79. The van der Waals surface area contributed by atoms with E-state index in [0.717, 1.165) is 19.3 Å². The first-order valence-corrected chi connectivity index (χ1v) is 9.79. The summed E-state index contributed by atoms with van der Waals surface area (Å²) >= 11 is 0. The fraction of sp³-hybridized carbons (Fsp3) is 0.115. The van der Waals surface area contributed by atoms with Gasteiger partial charge in [-0.05, 0) is 78.4 Å². The smallest absolute Gasteiger partial charge is 0.0532 e. The molecule has 0 spiro atoms. The highest BCUT2D eigenvalue weighted by molar-refractivity contribution is 6.33. The van der Waals surface area contributed by atoms with Crippen molar-refractivity contribution in [2.45, 2.75) is 19.3 Å². The topological polar surface area (TPSA) is 12.9 Å². The molecule has 1 heterocycles. The molecule has 0 amide bonds. The molecule has 1 nitrogen and oxygen atoms in total. The molecule has 8 rings (SSSR count). The second-order valence-electron chi connectivity index (χ2n) is 8.32. The predicted molar refractivity (Wildman–Crippen MR) is 111 cm³/mol. The summed E-state index contributed by atoms with van der Waals surface area (Å²) in [6.07, 6.45) is 5.22. The summed E-state index contributed by atoms with van der Waals surface area (Å²) in [4.78, 5) is 4.90. The maximum absolute atomic E-state index is 4.90. The normalized spacial score (nSPS) is 15.0. The molecule has 0 fully saturated rings. The zero-order valence-corrected chi connectivity index (χ0v) is 14.8. The van der Waals surface area contributed by atoms with Crippen molar-refractivity contribution in [3.63, 3.8) is 0 Å². The molecule has 0 radical (unpaired) electrons. The van der Waals surface area contributed by atoms with E-state index in [0.29, 0.717) is 0 Å². The second kappa shape index (κ2) is 4.04. The third-order valence-electron chi connectivity index (χ3n) is 7.07. The Labute approximate surface area is 156 Å². The summed E-state index contributed by atoms with van der Waals surface area (Å²) in [6.45, 7) is 0. The van der Waals surface area contributed by atoms with E-state index in [4.69, 9.17) is 4.98 Å². The number of aromatic nitrogens is 1. The minimum absolute atomic E-state index is 0.976. The lowest BCUT2D eigenvalue weighted by Crippen LogP contribution is -1.91. The van der Waals surface area contributed by atoms with Crippen LogP contribution in [0.2, 0.25) is 0 Å². The number of rotatable bonds is 1. The molecule has 0 aliphatic heterocycles. The minimum Gasteiger partial charge on any atom is -0.260 e. The van der Waals surface area contributed by atoms with Crippen LogP contribution in [0.5, 0.6) is 0 Å². The summed E-state index contributed by atoms with van der Waals surface area (Å²) in [7, 11) is 0. The van der Waals surface area contributed by atoms with Crippen molar-refractivity contribution in [1.29, 1.82) is 0 Å².